The molecule has 0 fully saturated rings. The minimum absolute atomic E-state index is 0.0254. The molecule has 0 bridgehead atoms. The van der Waals surface area contributed by atoms with Crippen LogP contribution in [-0.4, -0.2) is 5.91 Å². The van der Waals surface area contributed by atoms with E-state index in [1.54, 1.807) is 0 Å². The van der Waals surface area contributed by atoms with Gasteiger partial charge < -0.3 is 5.32 Å². The molecule has 0 aliphatic carbocycles. The van der Waals surface area contributed by atoms with Crippen molar-refractivity contribution in [1.82, 2.24) is 0 Å². The molecular weight excluding hydrogens is 378 g/mol. The predicted octanol–water partition coefficient (Wildman–Crippen LogP) is 8.33. The standard InChI is InChI=1S/C29H39NO/c1-4-5-6-7-8-9-10-11-12-13-14-15-16-17-18-19-20-21-25-28(31)30-29-26(2)23-22-24-27(29)3/h5-6,8-9,11-12,14-15,17-18,20-24H,4,7,10,13,16,19,25H2,1-3H3,(H,30,31)/b6-5-,9-8-,12-11-,15-14-,18-17-,21-20-. The minimum atomic E-state index is 0.0254. The Labute approximate surface area is 189 Å². The molecule has 1 amide bonds. The third kappa shape index (κ3) is 13.9. The highest BCUT2D eigenvalue weighted by Gasteiger charge is 2.05. The van der Waals surface area contributed by atoms with Gasteiger partial charge in [-0.05, 0) is 63.5 Å². The Hall–Kier alpha value is -2.87. The van der Waals surface area contributed by atoms with Gasteiger partial charge in [0.1, 0.15) is 0 Å². The number of nitrogens with one attached hydrogen (secondary N) is 1. The van der Waals surface area contributed by atoms with E-state index in [1.165, 1.54) is 0 Å². The summed E-state index contributed by atoms with van der Waals surface area (Å²) in [4.78, 5) is 12.1. The molecule has 2 heteroatoms. The van der Waals surface area contributed by atoms with E-state index in [1.807, 2.05) is 44.2 Å². The second kappa shape index (κ2) is 17.9. The molecule has 166 valence electrons. The van der Waals surface area contributed by atoms with Crippen molar-refractivity contribution in [2.75, 3.05) is 5.32 Å². The van der Waals surface area contributed by atoms with Gasteiger partial charge in [0.05, 0.1) is 0 Å². The van der Waals surface area contributed by atoms with Crippen molar-refractivity contribution < 1.29 is 4.79 Å². The van der Waals surface area contributed by atoms with E-state index >= 15 is 0 Å². The van der Waals surface area contributed by atoms with Gasteiger partial charge in [0.15, 0.2) is 0 Å². The summed E-state index contributed by atoms with van der Waals surface area (Å²) >= 11 is 0. The molecule has 1 N–H and O–H groups in total. The summed E-state index contributed by atoms with van der Waals surface area (Å²) < 4.78 is 0. The zero-order valence-electron chi connectivity index (χ0n) is 19.5. The monoisotopic (exact) mass is 417 g/mol. The van der Waals surface area contributed by atoms with Crippen molar-refractivity contribution in [1.29, 1.82) is 0 Å². The van der Waals surface area contributed by atoms with Crippen LogP contribution in [0.3, 0.4) is 0 Å². The van der Waals surface area contributed by atoms with Crippen LogP contribution in [-0.2, 0) is 4.79 Å². The third-order valence-corrected chi connectivity index (χ3v) is 4.65. The number of carbonyl (C=O) groups is 1. The fourth-order valence-electron chi connectivity index (χ4n) is 2.91. The SMILES string of the molecule is CC/C=C\C/C=C\C/C=C\C/C=C\C/C=C\C/C=C\CC(=O)Nc1c(C)cccc1C. The number of aryl methyl sites for hydroxylation is 2. The second-order valence-electron chi connectivity index (χ2n) is 7.43. The van der Waals surface area contributed by atoms with Crippen molar-refractivity contribution in [3.63, 3.8) is 0 Å². The molecule has 0 heterocycles. The first-order valence-corrected chi connectivity index (χ1v) is 11.4. The Balaban J connectivity index is 2.10. The Kier molecular flexibility index (Phi) is 15.1. The van der Waals surface area contributed by atoms with Crippen LogP contribution in [0.25, 0.3) is 0 Å². The number of hydrogen-bond acceptors (Lipinski definition) is 1. The number of allylic oxidation sites excluding steroid dienone is 11. The maximum Gasteiger partial charge on any atom is 0.228 e. The van der Waals surface area contributed by atoms with Crippen LogP contribution < -0.4 is 5.32 Å². The molecule has 1 aromatic rings. The van der Waals surface area contributed by atoms with Crippen LogP contribution in [0.1, 0.15) is 63.0 Å². The first-order valence-electron chi connectivity index (χ1n) is 11.4. The molecule has 0 atom stereocenters. The lowest BCUT2D eigenvalue weighted by Crippen LogP contribution is -2.12. The van der Waals surface area contributed by atoms with Crippen molar-refractivity contribution in [2.45, 2.75) is 65.7 Å². The van der Waals surface area contributed by atoms with Crippen molar-refractivity contribution in [3.8, 4) is 0 Å². The quantitative estimate of drug-likeness (QED) is 0.303. The molecule has 2 nitrogen and oxygen atoms in total. The van der Waals surface area contributed by atoms with E-state index in [0.717, 1.165) is 55.3 Å². The van der Waals surface area contributed by atoms with Gasteiger partial charge in [-0.2, -0.15) is 0 Å². The summed E-state index contributed by atoms with van der Waals surface area (Å²) in [6, 6.07) is 6.03. The summed E-state index contributed by atoms with van der Waals surface area (Å²) in [6.45, 7) is 6.18. The number of hydrogen-bond donors (Lipinski definition) is 1. The van der Waals surface area contributed by atoms with Gasteiger partial charge in [-0.1, -0.05) is 98.0 Å². The molecule has 0 radical (unpaired) electrons. The zero-order valence-corrected chi connectivity index (χ0v) is 19.5. The highest BCUT2D eigenvalue weighted by Crippen LogP contribution is 2.19. The highest BCUT2D eigenvalue weighted by molar-refractivity contribution is 5.93. The lowest BCUT2D eigenvalue weighted by atomic mass is 10.1. The van der Waals surface area contributed by atoms with Gasteiger partial charge in [-0.25, -0.2) is 0 Å². The molecule has 31 heavy (non-hydrogen) atoms. The molecule has 0 saturated carbocycles. The number of para-hydroxylation sites is 1. The normalized spacial score (nSPS) is 12.6. The molecule has 0 unspecified atom stereocenters. The van der Waals surface area contributed by atoms with Gasteiger partial charge in [0.25, 0.3) is 0 Å². The van der Waals surface area contributed by atoms with Gasteiger partial charge in [-0.15, -0.1) is 0 Å². The maximum absolute atomic E-state index is 12.1. The number of carbonyl (C=O) groups excluding carboxylic acids is 1. The van der Waals surface area contributed by atoms with E-state index in [9.17, 15) is 4.79 Å². The third-order valence-electron chi connectivity index (χ3n) is 4.65. The van der Waals surface area contributed by atoms with E-state index in [2.05, 4.69) is 73.0 Å². The average Bonchev–Trinajstić information content (AvgIpc) is 2.75. The minimum Gasteiger partial charge on any atom is -0.325 e. The fraction of sp³-hybridized carbons (Fsp3) is 0.345. The van der Waals surface area contributed by atoms with Crippen molar-refractivity contribution >= 4 is 11.6 Å². The number of amides is 1. The van der Waals surface area contributed by atoms with E-state index in [0.29, 0.717) is 6.42 Å². The van der Waals surface area contributed by atoms with Gasteiger partial charge >= 0.3 is 0 Å². The molecule has 1 rings (SSSR count). The van der Waals surface area contributed by atoms with Crippen LogP contribution in [0.4, 0.5) is 5.69 Å². The largest absolute Gasteiger partial charge is 0.325 e. The number of anilines is 1. The van der Waals surface area contributed by atoms with Gasteiger partial charge in [0, 0.05) is 12.1 Å². The zero-order chi connectivity index (χ0) is 22.6. The molecule has 0 aromatic heterocycles. The maximum atomic E-state index is 12.1. The highest BCUT2D eigenvalue weighted by atomic mass is 16.1. The lowest BCUT2D eigenvalue weighted by Gasteiger charge is -2.10. The Morgan fingerprint density at radius 1 is 0.677 bits per heavy atom. The molecule has 1 aromatic carbocycles. The van der Waals surface area contributed by atoms with Crippen molar-refractivity contribution in [3.05, 3.63) is 102 Å². The van der Waals surface area contributed by atoms with Gasteiger partial charge in [-0.3, -0.25) is 4.79 Å². The Morgan fingerprint density at radius 2 is 1.06 bits per heavy atom. The molecule has 0 aliphatic heterocycles. The summed E-state index contributed by atoms with van der Waals surface area (Å²) in [5.41, 5.74) is 3.12. The predicted molar refractivity (Wildman–Crippen MR) is 137 cm³/mol. The second-order valence-corrected chi connectivity index (χ2v) is 7.43. The van der Waals surface area contributed by atoms with Crippen LogP contribution in [0.15, 0.2) is 91.1 Å². The average molecular weight is 418 g/mol. The summed E-state index contributed by atoms with van der Waals surface area (Å²) in [5, 5.41) is 3.01. The van der Waals surface area contributed by atoms with Crippen LogP contribution in [0, 0.1) is 13.8 Å². The first-order chi connectivity index (χ1) is 15.1. The first kappa shape index (κ1) is 26.2. The lowest BCUT2D eigenvalue weighted by molar-refractivity contribution is -0.115. The summed E-state index contributed by atoms with van der Waals surface area (Å²) in [7, 11) is 0. The van der Waals surface area contributed by atoms with Crippen LogP contribution >= 0.6 is 0 Å². The summed E-state index contributed by atoms with van der Waals surface area (Å²) in [6.07, 6.45) is 32.2. The molecule has 0 aliphatic rings. The molecule has 0 saturated heterocycles. The smallest absolute Gasteiger partial charge is 0.228 e. The topological polar surface area (TPSA) is 29.1 Å². The van der Waals surface area contributed by atoms with E-state index in [-0.39, 0.29) is 5.91 Å². The molecule has 0 spiro atoms. The molecular formula is C29H39NO. The van der Waals surface area contributed by atoms with E-state index < -0.39 is 0 Å². The van der Waals surface area contributed by atoms with Gasteiger partial charge in [0.2, 0.25) is 5.91 Å². The van der Waals surface area contributed by atoms with Crippen molar-refractivity contribution in [2.24, 2.45) is 0 Å². The Morgan fingerprint density at radius 3 is 1.48 bits per heavy atom. The number of benzene rings is 1. The number of rotatable bonds is 14. The Bertz CT molecular complexity index is 786. The van der Waals surface area contributed by atoms with E-state index in [4.69, 9.17) is 0 Å². The van der Waals surface area contributed by atoms with Crippen LogP contribution in [0.5, 0.6) is 0 Å². The van der Waals surface area contributed by atoms with Crippen LogP contribution in [0.2, 0.25) is 0 Å². The fourth-order valence-corrected chi connectivity index (χ4v) is 2.91. The summed E-state index contributed by atoms with van der Waals surface area (Å²) in [5.74, 6) is 0.0254.